The van der Waals surface area contributed by atoms with E-state index in [1.54, 1.807) is 0 Å². The van der Waals surface area contributed by atoms with Gasteiger partial charge in [0.15, 0.2) is 0 Å². The van der Waals surface area contributed by atoms with Gasteiger partial charge in [0, 0.05) is 38.1 Å². The van der Waals surface area contributed by atoms with Gasteiger partial charge < -0.3 is 10.2 Å². The van der Waals surface area contributed by atoms with Crippen molar-refractivity contribution < 1.29 is 22.4 Å². The molecule has 0 saturated carbocycles. The van der Waals surface area contributed by atoms with Crippen LogP contribution in [0.25, 0.3) is 0 Å². The highest BCUT2D eigenvalue weighted by Crippen LogP contribution is 2.25. The van der Waals surface area contributed by atoms with Crippen LogP contribution in [0.15, 0.2) is 29.2 Å². The van der Waals surface area contributed by atoms with Gasteiger partial charge in [-0.15, -0.1) is 0 Å². The first kappa shape index (κ1) is 24.6. The number of benzene rings is 1. The van der Waals surface area contributed by atoms with Crippen molar-refractivity contribution in [2.75, 3.05) is 26.2 Å². The number of piperidine rings is 2. The number of likely N-dealkylation sites (tertiary alicyclic amines) is 1. The predicted molar refractivity (Wildman–Crippen MR) is 120 cm³/mol. The number of halogens is 1. The fourth-order valence-electron chi connectivity index (χ4n) is 4.59. The number of nitrogens with one attached hydrogen (secondary N) is 1. The summed E-state index contributed by atoms with van der Waals surface area (Å²) in [4.78, 5) is 27.4. The second-order valence-electron chi connectivity index (χ2n) is 8.78. The molecule has 32 heavy (non-hydrogen) atoms. The Kier molecular flexibility index (Phi) is 8.27. The first-order valence-electron chi connectivity index (χ1n) is 11.6. The lowest BCUT2D eigenvalue weighted by Crippen LogP contribution is -2.51. The molecule has 2 aliphatic rings. The summed E-state index contributed by atoms with van der Waals surface area (Å²) < 4.78 is 40.3. The molecular formula is C23H34FN3O4S. The normalized spacial score (nSPS) is 21.0. The summed E-state index contributed by atoms with van der Waals surface area (Å²) in [6, 6.07) is 4.76. The molecular weight excluding hydrogens is 433 g/mol. The number of carbonyl (C=O) groups is 2. The minimum absolute atomic E-state index is 0.00247. The standard InChI is InChI=1S/C23H34FN3O4S/c1-3-17(4-2)23(29)26-14-11-20(12-15-26)25-22(28)18-6-5-13-27(16-18)32(30,31)21-9-7-19(24)8-10-21/h7-10,17-18,20H,3-6,11-16H2,1-2H3,(H,25,28). The maximum Gasteiger partial charge on any atom is 0.243 e. The molecule has 178 valence electrons. The third-order valence-electron chi connectivity index (χ3n) is 6.69. The summed E-state index contributed by atoms with van der Waals surface area (Å²) in [6.07, 6.45) is 4.33. The number of hydrogen-bond donors (Lipinski definition) is 1. The van der Waals surface area contributed by atoms with Gasteiger partial charge in [0.25, 0.3) is 0 Å². The Morgan fingerprint density at radius 2 is 1.69 bits per heavy atom. The van der Waals surface area contributed by atoms with Crippen LogP contribution in [0.1, 0.15) is 52.4 Å². The van der Waals surface area contributed by atoms with Crippen LogP contribution in [-0.4, -0.2) is 61.7 Å². The van der Waals surface area contributed by atoms with Gasteiger partial charge in [-0.2, -0.15) is 4.31 Å². The molecule has 2 amide bonds. The maximum absolute atomic E-state index is 13.2. The molecule has 0 radical (unpaired) electrons. The molecule has 2 aliphatic heterocycles. The zero-order valence-corrected chi connectivity index (χ0v) is 19.7. The van der Waals surface area contributed by atoms with E-state index in [2.05, 4.69) is 5.32 Å². The molecule has 2 heterocycles. The molecule has 3 rings (SSSR count). The number of hydrogen-bond acceptors (Lipinski definition) is 4. The minimum Gasteiger partial charge on any atom is -0.353 e. The molecule has 1 aromatic rings. The minimum atomic E-state index is -3.77. The van der Waals surface area contributed by atoms with E-state index in [0.717, 1.165) is 25.0 Å². The lowest BCUT2D eigenvalue weighted by atomic mass is 9.96. The van der Waals surface area contributed by atoms with Crippen LogP contribution in [0.3, 0.4) is 0 Å². The van der Waals surface area contributed by atoms with Crippen molar-refractivity contribution >= 4 is 21.8 Å². The number of amides is 2. The molecule has 0 spiro atoms. The van der Waals surface area contributed by atoms with E-state index in [4.69, 9.17) is 0 Å². The molecule has 9 heteroatoms. The van der Waals surface area contributed by atoms with Crippen molar-refractivity contribution in [3.8, 4) is 0 Å². The fourth-order valence-corrected chi connectivity index (χ4v) is 6.11. The van der Waals surface area contributed by atoms with E-state index in [0.29, 0.717) is 45.3 Å². The lowest BCUT2D eigenvalue weighted by molar-refractivity contribution is -0.137. The Hall–Kier alpha value is -2.00. The molecule has 7 nitrogen and oxygen atoms in total. The summed E-state index contributed by atoms with van der Waals surface area (Å²) in [5.41, 5.74) is 0. The average Bonchev–Trinajstić information content (AvgIpc) is 2.80. The second-order valence-corrected chi connectivity index (χ2v) is 10.7. The Labute approximate surface area is 190 Å². The van der Waals surface area contributed by atoms with E-state index in [1.165, 1.54) is 16.4 Å². The van der Waals surface area contributed by atoms with E-state index in [-0.39, 0.29) is 35.2 Å². The highest BCUT2D eigenvalue weighted by molar-refractivity contribution is 7.89. The highest BCUT2D eigenvalue weighted by Gasteiger charge is 2.35. The van der Waals surface area contributed by atoms with Crippen molar-refractivity contribution in [2.45, 2.75) is 63.3 Å². The summed E-state index contributed by atoms with van der Waals surface area (Å²) in [5.74, 6) is -0.768. The number of rotatable bonds is 7. The van der Waals surface area contributed by atoms with Crippen LogP contribution in [0, 0.1) is 17.7 Å². The molecule has 0 bridgehead atoms. The van der Waals surface area contributed by atoms with Gasteiger partial charge in [0.05, 0.1) is 10.8 Å². The Morgan fingerprint density at radius 1 is 1.06 bits per heavy atom. The van der Waals surface area contributed by atoms with Gasteiger partial charge in [-0.3, -0.25) is 9.59 Å². The van der Waals surface area contributed by atoms with Gasteiger partial charge >= 0.3 is 0 Å². The van der Waals surface area contributed by atoms with Crippen molar-refractivity contribution in [2.24, 2.45) is 11.8 Å². The third kappa shape index (κ3) is 5.67. The first-order valence-corrected chi connectivity index (χ1v) is 13.0. The van der Waals surface area contributed by atoms with Gasteiger partial charge in [-0.05, 0) is 62.8 Å². The zero-order chi connectivity index (χ0) is 23.3. The zero-order valence-electron chi connectivity index (χ0n) is 18.9. The molecule has 0 aliphatic carbocycles. The predicted octanol–water partition coefficient (Wildman–Crippen LogP) is 2.77. The van der Waals surface area contributed by atoms with E-state index < -0.39 is 21.8 Å². The topological polar surface area (TPSA) is 86.8 Å². The number of carbonyl (C=O) groups excluding carboxylic acids is 2. The van der Waals surface area contributed by atoms with Crippen LogP contribution in [-0.2, 0) is 19.6 Å². The van der Waals surface area contributed by atoms with Crippen molar-refractivity contribution in [3.63, 3.8) is 0 Å². The Bertz CT molecular complexity index is 894. The summed E-state index contributed by atoms with van der Waals surface area (Å²) in [5, 5.41) is 3.08. The van der Waals surface area contributed by atoms with Gasteiger partial charge in [0.2, 0.25) is 21.8 Å². The first-order chi connectivity index (χ1) is 15.3. The van der Waals surface area contributed by atoms with Gasteiger partial charge in [-0.1, -0.05) is 13.8 Å². The van der Waals surface area contributed by atoms with Crippen molar-refractivity contribution in [1.29, 1.82) is 0 Å². The Balaban J connectivity index is 1.54. The highest BCUT2D eigenvalue weighted by atomic mass is 32.2. The van der Waals surface area contributed by atoms with Crippen LogP contribution in [0.4, 0.5) is 4.39 Å². The third-order valence-corrected chi connectivity index (χ3v) is 8.57. The van der Waals surface area contributed by atoms with Crippen LogP contribution < -0.4 is 5.32 Å². The van der Waals surface area contributed by atoms with Crippen molar-refractivity contribution in [3.05, 3.63) is 30.1 Å². The number of sulfonamides is 1. The average molecular weight is 468 g/mol. The van der Waals surface area contributed by atoms with Crippen LogP contribution >= 0.6 is 0 Å². The van der Waals surface area contributed by atoms with E-state index in [9.17, 15) is 22.4 Å². The van der Waals surface area contributed by atoms with E-state index >= 15 is 0 Å². The quantitative estimate of drug-likeness (QED) is 0.668. The van der Waals surface area contributed by atoms with Crippen molar-refractivity contribution in [1.82, 2.24) is 14.5 Å². The summed E-state index contributed by atoms with van der Waals surface area (Å²) >= 11 is 0. The van der Waals surface area contributed by atoms with Gasteiger partial charge in [-0.25, -0.2) is 12.8 Å². The molecule has 0 aromatic heterocycles. The summed E-state index contributed by atoms with van der Waals surface area (Å²) in [7, 11) is -3.77. The van der Waals surface area contributed by atoms with Crippen LogP contribution in [0.5, 0.6) is 0 Å². The molecule has 1 aromatic carbocycles. The molecule has 1 atom stereocenters. The smallest absolute Gasteiger partial charge is 0.243 e. The van der Waals surface area contributed by atoms with E-state index in [1.807, 2.05) is 18.7 Å². The molecule has 1 unspecified atom stereocenters. The van der Waals surface area contributed by atoms with Gasteiger partial charge in [0.1, 0.15) is 5.82 Å². The monoisotopic (exact) mass is 467 g/mol. The summed E-state index contributed by atoms with van der Waals surface area (Å²) in [6.45, 7) is 5.80. The molecule has 1 N–H and O–H groups in total. The molecule has 2 fully saturated rings. The Morgan fingerprint density at radius 3 is 2.28 bits per heavy atom. The second kappa shape index (κ2) is 10.7. The maximum atomic E-state index is 13.2. The molecule has 2 saturated heterocycles. The fraction of sp³-hybridized carbons (Fsp3) is 0.652. The van der Waals surface area contributed by atoms with Crippen LogP contribution in [0.2, 0.25) is 0 Å². The largest absolute Gasteiger partial charge is 0.353 e. The SMILES string of the molecule is CCC(CC)C(=O)N1CCC(NC(=O)C2CCCN(S(=O)(=O)c3ccc(F)cc3)C2)CC1. The lowest BCUT2D eigenvalue weighted by Gasteiger charge is -2.36. The number of nitrogens with zero attached hydrogens (tertiary/aromatic N) is 2.